The summed E-state index contributed by atoms with van der Waals surface area (Å²) >= 11 is 9.71. The molecule has 0 aliphatic heterocycles. The van der Waals surface area contributed by atoms with Crippen molar-refractivity contribution >= 4 is 90.4 Å². The van der Waals surface area contributed by atoms with Gasteiger partial charge >= 0.3 is 0 Å². The molecule has 0 aliphatic carbocycles. The molecular weight excluding hydrogens is 1190 g/mol. The molecule has 350 valence electrons. The summed E-state index contributed by atoms with van der Waals surface area (Å²) < 4.78 is 57.6. The summed E-state index contributed by atoms with van der Waals surface area (Å²) in [5.41, 5.74) is -3.03. The van der Waals surface area contributed by atoms with Crippen LogP contribution < -0.4 is 0 Å². The predicted molar refractivity (Wildman–Crippen MR) is 280 cm³/mol. The zero-order valence-electron chi connectivity index (χ0n) is 40.1. The van der Waals surface area contributed by atoms with E-state index in [4.69, 9.17) is 37.9 Å². The lowest BCUT2D eigenvalue weighted by atomic mass is 9.89. The molecule has 0 aromatic carbocycles. The third-order valence-electron chi connectivity index (χ3n) is 11.3. The summed E-state index contributed by atoms with van der Waals surface area (Å²) in [6.45, 7) is 38.9. The number of rotatable bonds is 37. The average molecular weight is 1280 g/mol. The second-order valence-electron chi connectivity index (χ2n) is 20.9. The van der Waals surface area contributed by atoms with E-state index in [1.807, 2.05) is 0 Å². The molecule has 0 N–H and O–H groups in total. The van der Waals surface area contributed by atoms with Crippen molar-refractivity contribution in [2.45, 2.75) is 213 Å². The van der Waals surface area contributed by atoms with Crippen LogP contribution in [0.5, 0.6) is 0 Å². The van der Waals surface area contributed by atoms with E-state index in [2.05, 4.69) is 201 Å². The van der Waals surface area contributed by atoms with Crippen LogP contribution in [0.25, 0.3) is 0 Å². The number of ether oxygens (including phenoxy) is 8. The third kappa shape index (κ3) is 29.2. The van der Waals surface area contributed by atoms with E-state index < -0.39 is 27.8 Å². The lowest BCUT2D eigenvalue weighted by Gasteiger charge is -2.42. The normalized spacial score (nSPS) is 15.3. The SMILES string of the molecule is CCC(C)(CCI)OCCC(C)(C)OCC(COC(C)(C)CCOC(C)(C)CCI)(COC(C)(C)CCOC(C)(C)CCI)COC(C)(C)CCOC(C)(C)CCI. The van der Waals surface area contributed by atoms with Crippen molar-refractivity contribution in [2.24, 2.45) is 5.41 Å². The smallest absolute Gasteiger partial charge is 0.0659 e. The Balaban J connectivity index is 6.56. The monoisotopic (exact) mass is 1280 g/mol. The van der Waals surface area contributed by atoms with Gasteiger partial charge in [-0.3, -0.25) is 0 Å². The first kappa shape index (κ1) is 60.6. The van der Waals surface area contributed by atoms with Crippen molar-refractivity contribution < 1.29 is 37.9 Å². The minimum absolute atomic E-state index is 0.126. The molecule has 1 atom stereocenters. The summed E-state index contributed by atoms with van der Waals surface area (Å²) in [6, 6.07) is 0. The van der Waals surface area contributed by atoms with Crippen LogP contribution >= 0.6 is 90.4 Å². The molecule has 0 radical (unpaired) electrons. The van der Waals surface area contributed by atoms with Crippen LogP contribution in [0.1, 0.15) is 169 Å². The van der Waals surface area contributed by atoms with Crippen LogP contribution in [0.3, 0.4) is 0 Å². The van der Waals surface area contributed by atoms with E-state index in [0.717, 1.165) is 75.5 Å². The van der Waals surface area contributed by atoms with Crippen LogP contribution in [0, 0.1) is 5.41 Å². The Morgan fingerprint density at radius 3 is 0.741 bits per heavy atom. The molecule has 0 saturated carbocycles. The maximum atomic E-state index is 6.96. The van der Waals surface area contributed by atoms with E-state index in [9.17, 15) is 0 Å². The van der Waals surface area contributed by atoms with Gasteiger partial charge in [-0.1, -0.05) is 97.3 Å². The molecule has 1 unspecified atom stereocenters. The second kappa shape index (κ2) is 27.9. The van der Waals surface area contributed by atoms with E-state index in [-0.39, 0.29) is 22.4 Å². The zero-order valence-corrected chi connectivity index (χ0v) is 48.8. The highest BCUT2D eigenvalue weighted by atomic mass is 127. The van der Waals surface area contributed by atoms with Crippen LogP contribution in [-0.2, 0) is 37.9 Å². The lowest BCUT2D eigenvalue weighted by Crippen LogP contribution is -2.49. The van der Waals surface area contributed by atoms with E-state index >= 15 is 0 Å². The van der Waals surface area contributed by atoms with Crippen LogP contribution in [0.4, 0.5) is 0 Å². The quantitative estimate of drug-likeness (QED) is 0.0450. The fourth-order valence-electron chi connectivity index (χ4n) is 5.65. The second-order valence-corrected chi connectivity index (χ2v) is 25.2. The van der Waals surface area contributed by atoms with Crippen LogP contribution in [0.15, 0.2) is 0 Å². The van der Waals surface area contributed by atoms with Gasteiger partial charge in [0.2, 0.25) is 0 Å². The fourth-order valence-corrected chi connectivity index (χ4v) is 10.7. The maximum absolute atomic E-state index is 6.96. The number of alkyl halides is 4. The van der Waals surface area contributed by atoms with Gasteiger partial charge in [-0.25, -0.2) is 0 Å². The van der Waals surface area contributed by atoms with Crippen molar-refractivity contribution in [3.63, 3.8) is 0 Å². The Morgan fingerprint density at radius 1 is 0.293 bits per heavy atom. The minimum Gasteiger partial charge on any atom is -0.375 e. The van der Waals surface area contributed by atoms with Crippen molar-refractivity contribution in [3.05, 3.63) is 0 Å². The minimum atomic E-state index is -0.618. The number of hydrogen-bond acceptors (Lipinski definition) is 8. The van der Waals surface area contributed by atoms with E-state index in [1.165, 1.54) is 0 Å². The van der Waals surface area contributed by atoms with Gasteiger partial charge in [0, 0.05) is 17.7 Å². The molecule has 0 bridgehead atoms. The summed E-state index contributed by atoms with van der Waals surface area (Å²) in [5.74, 6) is 0. The Kier molecular flexibility index (Phi) is 29.2. The van der Waals surface area contributed by atoms with Crippen LogP contribution in [-0.4, -0.2) is 115 Å². The molecule has 0 rings (SSSR count). The van der Waals surface area contributed by atoms with Crippen LogP contribution in [0.2, 0.25) is 0 Å². The number of hydrogen-bond donors (Lipinski definition) is 0. The summed E-state index contributed by atoms with van der Waals surface area (Å²) in [4.78, 5) is 0. The van der Waals surface area contributed by atoms with Gasteiger partial charge in [-0.2, -0.15) is 0 Å². The van der Waals surface area contributed by atoms with Crippen molar-refractivity contribution in [2.75, 3.05) is 70.6 Å². The molecule has 0 fully saturated rings. The van der Waals surface area contributed by atoms with Gasteiger partial charge in [0.15, 0.2) is 0 Å². The predicted octanol–water partition coefficient (Wildman–Crippen LogP) is 13.6. The molecule has 12 heteroatoms. The Labute approximate surface area is 413 Å². The van der Waals surface area contributed by atoms with Crippen molar-refractivity contribution in [3.8, 4) is 0 Å². The largest absolute Gasteiger partial charge is 0.375 e. The fraction of sp³-hybridized carbons (Fsp3) is 1.00. The van der Waals surface area contributed by atoms with Gasteiger partial charge in [-0.05, 0) is 162 Å². The molecule has 8 nitrogen and oxygen atoms in total. The van der Waals surface area contributed by atoms with E-state index in [0.29, 0.717) is 52.9 Å². The van der Waals surface area contributed by atoms with Crippen molar-refractivity contribution in [1.29, 1.82) is 0 Å². The Morgan fingerprint density at radius 2 is 0.517 bits per heavy atom. The first-order valence-electron chi connectivity index (χ1n) is 21.8. The molecule has 0 spiro atoms. The molecule has 0 aromatic heterocycles. The lowest BCUT2D eigenvalue weighted by molar-refractivity contribution is -0.197. The molecule has 0 amide bonds. The van der Waals surface area contributed by atoms with E-state index in [1.54, 1.807) is 0 Å². The maximum Gasteiger partial charge on any atom is 0.0659 e. The Hall–Kier alpha value is 2.60. The molecule has 0 saturated heterocycles. The average Bonchev–Trinajstić information content (AvgIpc) is 3.07. The van der Waals surface area contributed by atoms with Gasteiger partial charge in [0.1, 0.15) is 0 Å². The standard InChI is InChI=1S/C46H90I4O8/c1-17-45(16,21-29-50)54-33-25-44(14,15)58-37-46(34-55-41(8,9)22-30-51-38(2,3)18-26-47,35-56-42(10,11)23-31-52-39(4,5)19-27-48)36-57-43(12,13)24-32-53-40(6,7)20-28-49/h17-37H2,1-16H3. The Bertz CT molecular complexity index is 984. The highest BCUT2D eigenvalue weighted by Crippen LogP contribution is 2.33. The van der Waals surface area contributed by atoms with Gasteiger partial charge in [-0.15, -0.1) is 0 Å². The highest BCUT2D eigenvalue weighted by Gasteiger charge is 2.40. The highest BCUT2D eigenvalue weighted by molar-refractivity contribution is 14.1. The molecule has 0 aromatic rings. The first-order valence-corrected chi connectivity index (χ1v) is 27.9. The molecular formula is C46H90I4O8. The van der Waals surface area contributed by atoms with Gasteiger partial charge in [0.05, 0.1) is 103 Å². The van der Waals surface area contributed by atoms with Gasteiger partial charge < -0.3 is 37.9 Å². The summed E-state index contributed by atoms with van der Waals surface area (Å²) in [6.07, 6.45) is 8.09. The first-order chi connectivity index (χ1) is 26.5. The molecule has 0 heterocycles. The molecule has 0 aliphatic rings. The summed E-state index contributed by atoms with van der Waals surface area (Å²) in [5, 5.41) is 0. The third-order valence-corrected chi connectivity index (χ3v) is 13.4. The zero-order chi connectivity index (χ0) is 45.0. The summed E-state index contributed by atoms with van der Waals surface area (Å²) in [7, 11) is 0. The van der Waals surface area contributed by atoms with Crippen molar-refractivity contribution in [1.82, 2.24) is 0 Å². The molecule has 58 heavy (non-hydrogen) atoms. The van der Waals surface area contributed by atoms with Gasteiger partial charge in [0.25, 0.3) is 0 Å². The topological polar surface area (TPSA) is 73.8 Å². The number of halogens is 4.